The fourth-order valence-corrected chi connectivity index (χ4v) is 6.55. The van der Waals surface area contributed by atoms with Crippen molar-refractivity contribution in [2.24, 2.45) is 0 Å². The standard InChI is InChI=1S/C34H43N3O4S/c1-27-20-22-29(23-21-27)26-36(33(38)19-12-24-37(42(2,40)41)31-17-10-5-11-18-31)32(25-28-13-6-3-7-14-28)34(39)35-30-15-8-4-9-16-30/h3,5-7,10-11,13-14,17-18,20-23,30,32H,4,8-9,12,15-16,19,24-26H2,1-2H3,(H,35,39)/t32-/m1/s1. The number of nitrogens with zero attached hydrogens (tertiary/aromatic N) is 2. The summed E-state index contributed by atoms with van der Waals surface area (Å²) in [5.41, 5.74) is 3.61. The number of sulfonamides is 1. The molecule has 0 aromatic heterocycles. The molecule has 7 nitrogen and oxygen atoms in total. The number of nitrogens with one attached hydrogen (secondary N) is 1. The second-order valence-corrected chi connectivity index (χ2v) is 13.2. The molecule has 1 saturated carbocycles. The number of para-hydroxylation sites is 1. The van der Waals surface area contributed by atoms with Crippen LogP contribution in [-0.4, -0.2) is 50.0 Å². The quantitative estimate of drug-likeness (QED) is 0.280. The molecule has 0 bridgehead atoms. The topological polar surface area (TPSA) is 86.8 Å². The zero-order valence-corrected chi connectivity index (χ0v) is 25.6. The van der Waals surface area contributed by atoms with Gasteiger partial charge in [-0.25, -0.2) is 8.42 Å². The molecule has 4 rings (SSSR count). The van der Waals surface area contributed by atoms with Crippen LogP contribution in [0.15, 0.2) is 84.9 Å². The van der Waals surface area contributed by atoms with Gasteiger partial charge in [-0.05, 0) is 49.4 Å². The lowest BCUT2D eigenvalue weighted by molar-refractivity contribution is -0.141. The lowest BCUT2D eigenvalue weighted by Crippen LogP contribution is -2.52. The summed E-state index contributed by atoms with van der Waals surface area (Å²) in [6, 6.07) is 26.2. The molecule has 8 heteroatoms. The van der Waals surface area contributed by atoms with Gasteiger partial charge in [0.1, 0.15) is 6.04 Å². The molecule has 2 amide bonds. The van der Waals surface area contributed by atoms with Crippen LogP contribution in [0.2, 0.25) is 0 Å². The third kappa shape index (κ3) is 9.18. The van der Waals surface area contributed by atoms with Crippen LogP contribution in [0.5, 0.6) is 0 Å². The van der Waals surface area contributed by atoms with Crippen LogP contribution < -0.4 is 9.62 Å². The maximum atomic E-state index is 14.0. The minimum absolute atomic E-state index is 0.118. The Kier molecular flexibility index (Phi) is 11.2. The third-order valence-corrected chi connectivity index (χ3v) is 9.09. The van der Waals surface area contributed by atoms with Crippen molar-refractivity contribution in [3.8, 4) is 0 Å². The second kappa shape index (κ2) is 15.0. The number of aryl methyl sites for hydroxylation is 1. The van der Waals surface area contributed by atoms with Crippen molar-refractivity contribution in [1.82, 2.24) is 10.2 Å². The molecule has 1 fully saturated rings. The maximum absolute atomic E-state index is 14.0. The van der Waals surface area contributed by atoms with Crippen LogP contribution in [0.25, 0.3) is 0 Å². The van der Waals surface area contributed by atoms with Gasteiger partial charge in [0, 0.05) is 32.0 Å². The van der Waals surface area contributed by atoms with E-state index in [2.05, 4.69) is 5.32 Å². The number of rotatable bonds is 13. The van der Waals surface area contributed by atoms with Gasteiger partial charge in [0.2, 0.25) is 21.8 Å². The largest absolute Gasteiger partial charge is 0.352 e. The van der Waals surface area contributed by atoms with Crippen LogP contribution >= 0.6 is 0 Å². The molecular weight excluding hydrogens is 546 g/mol. The van der Waals surface area contributed by atoms with Crippen molar-refractivity contribution in [2.45, 2.75) is 76.9 Å². The minimum atomic E-state index is -3.53. The Hall–Kier alpha value is -3.65. The molecule has 1 aliphatic rings. The molecule has 3 aromatic rings. The fourth-order valence-electron chi connectivity index (χ4n) is 5.59. The molecule has 42 heavy (non-hydrogen) atoms. The van der Waals surface area contributed by atoms with E-state index in [0.717, 1.165) is 42.4 Å². The van der Waals surface area contributed by atoms with Gasteiger partial charge in [-0.1, -0.05) is 97.6 Å². The summed E-state index contributed by atoms with van der Waals surface area (Å²) in [5, 5.41) is 3.26. The van der Waals surface area contributed by atoms with E-state index >= 15 is 0 Å². The Morgan fingerprint density at radius 3 is 2.10 bits per heavy atom. The summed E-state index contributed by atoms with van der Waals surface area (Å²) in [6.07, 6.45) is 7.31. The van der Waals surface area contributed by atoms with E-state index in [1.807, 2.05) is 67.6 Å². The second-order valence-electron chi connectivity index (χ2n) is 11.3. The number of carbonyl (C=O) groups excluding carboxylic acids is 2. The highest BCUT2D eigenvalue weighted by Crippen LogP contribution is 2.22. The highest BCUT2D eigenvalue weighted by atomic mass is 32.2. The molecule has 0 radical (unpaired) electrons. The maximum Gasteiger partial charge on any atom is 0.243 e. The van der Waals surface area contributed by atoms with Crippen LogP contribution in [0.1, 0.15) is 61.6 Å². The SMILES string of the molecule is Cc1ccc(CN(C(=O)CCCN(c2ccccc2)S(C)(=O)=O)[C@H](Cc2ccccc2)C(=O)NC2CCCCC2)cc1. The van der Waals surface area contributed by atoms with E-state index in [-0.39, 0.29) is 30.8 Å². The number of hydrogen-bond donors (Lipinski definition) is 1. The molecule has 1 aliphatic carbocycles. The van der Waals surface area contributed by atoms with E-state index in [1.54, 1.807) is 29.2 Å². The average molecular weight is 590 g/mol. The minimum Gasteiger partial charge on any atom is -0.352 e. The molecule has 0 heterocycles. The summed E-state index contributed by atoms with van der Waals surface area (Å²) in [5.74, 6) is -0.301. The lowest BCUT2D eigenvalue weighted by atomic mass is 9.94. The highest BCUT2D eigenvalue weighted by molar-refractivity contribution is 7.92. The summed E-state index contributed by atoms with van der Waals surface area (Å²) in [7, 11) is -3.53. The number of amides is 2. The van der Waals surface area contributed by atoms with Gasteiger partial charge in [0.25, 0.3) is 0 Å². The summed E-state index contributed by atoms with van der Waals surface area (Å²) in [4.78, 5) is 29.6. The molecule has 3 aromatic carbocycles. The number of hydrogen-bond acceptors (Lipinski definition) is 4. The third-order valence-electron chi connectivity index (χ3n) is 7.89. The van der Waals surface area contributed by atoms with Crippen LogP contribution in [0.3, 0.4) is 0 Å². The van der Waals surface area contributed by atoms with Gasteiger partial charge in [0.15, 0.2) is 0 Å². The van der Waals surface area contributed by atoms with Crippen molar-refractivity contribution in [3.05, 3.63) is 102 Å². The predicted octanol–water partition coefficient (Wildman–Crippen LogP) is 5.63. The van der Waals surface area contributed by atoms with E-state index in [0.29, 0.717) is 25.1 Å². The first-order valence-electron chi connectivity index (χ1n) is 14.9. The molecule has 1 atom stereocenters. The van der Waals surface area contributed by atoms with Crippen LogP contribution in [-0.2, 0) is 32.6 Å². The van der Waals surface area contributed by atoms with E-state index in [1.165, 1.54) is 17.0 Å². The molecule has 0 spiro atoms. The molecule has 0 unspecified atom stereocenters. The Bertz CT molecular complexity index is 1390. The van der Waals surface area contributed by atoms with E-state index in [4.69, 9.17) is 0 Å². The number of anilines is 1. The Balaban J connectivity index is 1.58. The molecule has 0 saturated heterocycles. The van der Waals surface area contributed by atoms with E-state index < -0.39 is 16.1 Å². The first-order valence-corrected chi connectivity index (χ1v) is 16.8. The van der Waals surface area contributed by atoms with Crippen LogP contribution in [0.4, 0.5) is 5.69 Å². The van der Waals surface area contributed by atoms with Gasteiger partial charge in [-0.3, -0.25) is 13.9 Å². The van der Waals surface area contributed by atoms with Gasteiger partial charge in [-0.15, -0.1) is 0 Å². The Labute approximate surface area is 251 Å². The van der Waals surface area contributed by atoms with Crippen LogP contribution in [0, 0.1) is 6.92 Å². The first kappa shape index (κ1) is 31.3. The molecule has 0 aliphatic heterocycles. The predicted molar refractivity (Wildman–Crippen MR) is 169 cm³/mol. The zero-order valence-electron chi connectivity index (χ0n) is 24.7. The van der Waals surface area contributed by atoms with E-state index in [9.17, 15) is 18.0 Å². The zero-order chi connectivity index (χ0) is 30.0. The fraction of sp³-hybridized carbons (Fsp3) is 0.412. The summed E-state index contributed by atoms with van der Waals surface area (Å²) >= 11 is 0. The van der Waals surface area contributed by atoms with Gasteiger partial charge >= 0.3 is 0 Å². The lowest BCUT2D eigenvalue weighted by Gasteiger charge is -2.34. The average Bonchev–Trinajstić information content (AvgIpc) is 2.99. The molecule has 224 valence electrons. The van der Waals surface area contributed by atoms with Crippen molar-refractivity contribution >= 4 is 27.5 Å². The monoisotopic (exact) mass is 589 g/mol. The van der Waals surface area contributed by atoms with Crippen molar-refractivity contribution in [1.29, 1.82) is 0 Å². The van der Waals surface area contributed by atoms with Gasteiger partial charge in [0.05, 0.1) is 11.9 Å². The smallest absolute Gasteiger partial charge is 0.243 e. The number of carbonyl (C=O) groups is 2. The highest BCUT2D eigenvalue weighted by Gasteiger charge is 2.32. The van der Waals surface area contributed by atoms with Crippen molar-refractivity contribution in [2.75, 3.05) is 17.1 Å². The normalized spacial score (nSPS) is 14.6. The first-order chi connectivity index (χ1) is 20.2. The van der Waals surface area contributed by atoms with Crippen molar-refractivity contribution < 1.29 is 18.0 Å². The van der Waals surface area contributed by atoms with Gasteiger partial charge in [-0.2, -0.15) is 0 Å². The van der Waals surface area contributed by atoms with Crippen molar-refractivity contribution in [3.63, 3.8) is 0 Å². The summed E-state index contributed by atoms with van der Waals surface area (Å²) in [6.45, 7) is 2.48. The Morgan fingerprint density at radius 1 is 0.857 bits per heavy atom. The Morgan fingerprint density at radius 2 is 1.48 bits per heavy atom. The van der Waals surface area contributed by atoms with Gasteiger partial charge < -0.3 is 10.2 Å². The number of benzene rings is 3. The molecule has 1 N–H and O–H groups in total. The molecular formula is C34H43N3O4S. The summed E-state index contributed by atoms with van der Waals surface area (Å²) < 4.78 is 26.5.